The summed E-state index contributed by atoms with van der Waals surface area (Å²) in [5.41, 5.74) is 1.12. The first-order valence-electron chi connectivity index (χ1n) is 12.4. The molecule has 174 valence electrons. The highest BCUT2D eigenvalue weighted by Gasteiger charge is 2.60. The first kappa shape index (κ1) is 22.2. The molecule has 1 aliphatic heterocycles. The predicted molar refractivity (Wildman–Crippen MR) is 129 cm³/mol. The molecular weight excluding hydrogens is 416 g/mol. The number of piperidine rings is 1. The highest BCUT2D eigenvalue weighted by molar-refractivity contribution is 7.10. The van der Waals surface area contributed by atoms with E-state index in [-0.39, 0.29) is 34.1 Å². The number of thiophene rings is 1. The van der Waals surface area contributed by atoms with Gasteiger partial charge in [0, 0.05) is 35.4 Å². The number of hydrogen-bond donors (Lipinski definition) is 1. The molecule has 2 heterocycles. The number of carbonyl (C=O) groups excluding carboxylic acids is 2. The highest BCUT2D eigenvalue weighted by Crippen LogP contribution is 2.66. The largest absolute Gasteiger partial charge is 0.346 e. The van der Waals surface area contributed by atoms with E-state index in [1.165, 1.54) is 17.0 Å². The van der Waals surface area contributed by atoms with E-state index in [1.807, 2.05) is 11.9 Å². The molecule has 1 aromatic heterocycles. The lowest BCUT2D eigenvalue weighted by molar-refractivity contribution is -0.139. The minimum atomic E-state index is -0.327. The van der Waals surface area contributed by atoms with Gasteiger partial charge in [-0.25, -0.2) is 0 Å². The molecule has 0 radical (unpaired) electrons. The van der Waals surface area contributed by atoms with Crippen LogP contribution in [0.4, 0.5) is 0 Å². The molecule has 1 N–H and O–H groups in total. The van der Waals surface area contributed by atoms with Crippen LogP contribution in [0.5, 0.6) is 0 Å². The number of nitrogens with zero attached hydrogens (tertiary/aromatic N) is 1. The Balaban J connectivity index is 1.38. The van der Waals surface area contributed by atoms with Crippen molar-refractivity contribution in [3.63, 3.8) is 0 Å². The maximum Gasteiger partial charge on any atom is 0.226 e. The SMILES string of the molecule is CN1C(=O)CC[C@@]2(C)C1=CC[C@@H]1[C@H]2CC[C@]2(C)C(C(=O)NC(C)(C)c3cccs3)CC[C@@H]12. The molecule has 4 aliphatic rings. The van der Waals surface area contributed by atoms with Gasteiger partial charge in [-0.1, -0.05) is 26.0 Å². The molecule has 1 unspecified atom stereocenters. The number of nitrogens with one attached hydrogen (secondary N) is 1. The first-order chi connectivity index (χ1) is 15.1. The summed E-state index contributed by atoms with van der Waals surface area (Å²) in [6.45, 7) is 9.06. The quantitative estimate of drug-likeness (QED) is 0.636. The van der Waals surface area contributed by atoms with E-state index < -0.39 is 0 Å². The van der Waals surface area contributed by atoms with Crippen molar-refractivity contribution >= 4 is 23.2 Å². The van der Waals surface area contributed by atoms with Crippen LogP contribution in [0, 0.1) is 34.5 Å². The van der Waals surface area contributed by atoms with Crippen LogP contribution in [-0.4, -0.2) is 23.8 Å². The van der Waals surface area contributed by atoms with Crippen molar-refractivity contribution in [3.8, 4) is 0 Å². The Labute approximate surface area is 196 Å². The molecule has 5 heteroatoms. The van der Waals surface area contributed by atoms with Crippen molar-refractivity contribution in [3.05, 3.63) is 34.2 Å². The normalized spacial score (nSPS) is 39.1. The fraction of sp³-hybridized carbons (Fsp3) is 0.704. The number of carbonyl (C=O) groups is 2. The second-order valence-electron chi connectivity index (χ2n) is 11.8. The number of allylic oxidation sites excluding steroid dienone is 2. The smallest absolute Gasteiger partial charge is 0.226 e. The van der Waals surface area contributed by atoms with Crippen LogP contribution < -0.4 is 5.32 Å². The van der Waals surface area contributed by atoms with Crippen LogP contribution in [0.25, 0.3) is 0 Å². The molecule has 0 aromatic carbocycles. The van der Waals surface area contributed by atoms with Gasteiger partial charge in [-0.05, 0) is 87.0 Å². The lowest BCUT2D eigenvalue weighted by Gasteiger charge is -2.58. The zero-order valence-electron chi connectivity index (χ0n) is 20.2. The number of rotatable bonds is 3. The summed E-state index contributed by atoms with van der Waals surface area (Å²) in [4.78, 5) is 29.1. The van der Waals surface area contributed by atoms with Gasteiger partial charge in [0.1, 0.15) is 0 Å². The molecule has 32 heavy (non-hydrogen) atoms. The van der Waals surface area contributed by atoms with Crippen molar-refractivity contribution in [1.29, 1.82) is 0 Å². The van der Waals surface area contributed by atoms with E-state index in [0.717, 1.165) is 32.1 Å². The van der Waals surface area contributed by atoms with Crippen LogP contribution in [0.15, 0.2) is 29.3 Å². The minimum absolute atomic E-state index is 0.0782. The molecule has 0 bridgehead atoms. The molecule has 5 rings (SSSR count). The van der Waals surface area contributed by atoms with Gasteiger partial charge in [0.15, 0.2) is 0 Å². The Kier molecular flexibility index (Phi) is 5.16. The summed E-state index contributed by atoms with van der Waals surface area (Å²) in [6.07, 6.45) is 9.53. The molecule has 3 fully saturated rings. The summed E-state index contributed by atoms with van der Waals surface area (Å²) < 4.78 is 0. The molecule has 3 aliphatic carbocycles. The first-order valence-corrected chi connectivity index (χ1v) is 13.3. The Hall–Kier alpha value is -1.62. The zero-order valence-corrected chi connectivity index (χ0v) is 21.1. The lowest BCUT2D eigenvalue weighted by Crippen LogP contribution is -2.55. The second kappa shape index (κ2) is 7.44. The summed E-state index contributed by atoms with van der Waals surface area (Å²) in [5.74, 6) is 2.46. The van der Waals surface area contributed by atoms with Gasteiger partial charge in [-0.3, -0.25) is 9.59 Å². The Bertz CT molecular complexity index is 951. The van der Waals surface area contributed by atoms with Crippen molar-refractivity contribution in [2.24, 2.45) is 34.5 Å². The topological polar surface area (TPSA) is 49.4 Å². The molecule has 4 nitrogen and oxygen atoms in total. The van der Waals surface area contributed by atoms with E-state index >= 15 is 0 Å². The van der Waals surface area contributed by atoms with Gasteiger partial charge in [0.05, 0.1) is 5.54 Å². The third-order valence-corrected chi connectivity index (χ3v) is 11.1. The Morgan fingerprint density at radius 1 is 1.19 bits per heavy atom. The molecular formula is C27H38N2O2S. The van der Waals surface area contributed by atoms with E-state index in [2.05, 4.69) is 56.6 Å². The molecule has 1 saturated heterocycles. The highest BCUT2D eigenvalue weighted by atomic mass is 32.1. The van der Waals surface area contributed by atoms with Gasteiger partial charge < -0.3 is 10.2 Å². The summed E-state index contributed by atoms with van der Waals surface area (Å²) >= 11 is 1.71. The summed E-state index contributed by atoms with van der Waals surface area (Å²) in [5, 5.41) is 5.49. The lowest BCUT2D eigenvalue weighted by atomic mass is 9.49. The van der Waals surface area contributed by atoms with E-state index in [0.29, 0.717) is 24.2 Å². The van der Waals surface area contributed by atoms with Gasteiger partial charge in [0.2, 0.25) is 11.8 Å². The van der Waals surface area contributed by atoms with Gasteiger partial charge in [-0.15, -0.1) is 11.3 Å². The second-order valence-corrected chi connectivity index (χ2v) is 12.8. The fourth-order valence-electron chi connectivity index (χ4n) is 8.10. The zero-order chi connectivity index (χ0) is 22.9. The third-order valence-electron chi connectivity index (χ3n) is 9.91. The van der Waals surface area contributed by atoms with E-state index in [9.17, 15) is 9.59 Å². The van der Waals surface area contributed by atoms with Crippen molar-refractivity contribution in [1.82, 2.24) is 10.2 Å². The molecule has 2 saturated carbocycles. The molecule has 6 atom stereocenters. The molecule has 0 spiro atoms. The Morgan fingerprint density at radius 2 is 1.97 bits per heavy atom. The minimum Gasteiger partial charge on any atom is -0.346 e. The van der Waals surface area contributed by atoms with Gasteiger partial charge >= 0.3 is 0 Å². The van der Waals surface area contributed by atoms with Crippen LogP contribution in [-0.2, 0) is 15.1 Å². The maximum atomic E-state index is 13.6. The van der Waals surface area contributed by atoms with Gasteiger partial charge in [0.25, 0.3) is 0 Å². The third kappa shape index (κ3) is 3.13. The molecule has 1 aromatic rings. The van der Waals surface area contributed by atoms with Crippen LogP contribution in [0.1, 0.15) is 77.5 Å². The maximum absolute atomic E-state index is 13.6. The Morgan fingerprint density at radius 3 is 2.69 bits per heavy atom. The van der Waals surface area contributed by atoms with E-state index in [1.54, 1.807) is 11.3 Å². The average Bonchev–Trinajstić information content (AvgIpc) is 3.39. The molecule has 2 amide bonds. The van der Waals surface area contributed by atoms with Crippen LogP contribution in [0.2, 0.25) is 0 Å². The standard InChI is InChI=1S/C27H38N2O2S/c1-25(2,22-7-6-16-32-22)28-24(31)20-10-9-18-17-8-11-21-27(4,15-13-23(30)29(21)5)19(17)12-14-26(18,20)3/h6-7,11,16-20H,8-10,12-15H2,1-5H3,(H,28,31)/t17-,18-,19+,20?,26-,27+/m0/s1. The van der Waals surface area contributed by atoms with E-state index in [4.69, 9.17) is 0 Å². The number of hydrogen-bond acceptors (Lipinski definition) is 3. The summed E-state index contributed by atoms with van der Waals surface area (Å²) in [7, 11) is 1.96. The van der Waals surface area contributed by atoms with Crippen molar-refractivity contribution < 1.29 is 9.59 Å². The van der Waals surface area contributed by atoms with Crippen molar-refractivity contribution in [2.45, 2.75) is 78.2 Å². The monoisotopic (exact) mass is 454 g/mol. The number of fused-ring (bicyclic) bond motifs is 5. The predicted octanol–water partition coefficient (Wildman–Crippen LogP) is 5.70. The fourth-order valence-corrected chi connectivity index (χ4v) is 8.91. The summed E-state index contributed by atoms with van der Waals surface area (Å²) in [6, 6.07) is 4.18. The van der Waals surface area contributed by atoms with Crippen LogP contribution >= 0.6 is 11.3 Å². The average molecular weight is 455 g/mol. The van der Waals surface area contributed by atoms with Gasteiger partial charge in [-0.2, -0.15) is 0 Å². The number of likely N-dealkylation sites (tertiary alicyclic amines) is 1. The van der Waals surface area contributed by atoms with Crippen molar-refractivity contribution in [2.75, 3.05) is 7.05 Å². The van der Waals surface area contributed by atoms with Crippen LogP contribution in [0.3, 0.4) is 0 Å². The number of amides is 2.